The van der Waals surface area contributed by atoms with E-state index in [1.807, 2.05) is 17.5 Å². The van der Waals surface area contributed by atoms with Crippen LogP contribution in [0.15, 0.2) is 40.3 Å². The molecule has 0 aliphatic carbocycles. The van der Waals surface area contributed by atoms with Crippen LogP contribution in [0.5, 0.6) is 0 Å². The number of amides is 2. The minimum absolute atomic E-state index is 0.131. The number of rotatable bonds is 6. The van der Waals surface area contributed by atoms with Gasteiger partial charge in [-0.3, -0.25) is 9.59 Å². The van der Waals surface area contributed by atoms with Gasteiger partial charge >= 0.3 is 0 Å². The maximum atomic E-state index is 11.9. The Morgan fingerprint density at radius 2 is 2.20 bits per heavy atom. The first kappa shape index (κ1) is 14.3. The van der Waals surface area contributed by atoms with Crippen molar-refractivity contribution in [3.63, 3.8) is 0 Å². The van der Waals surface area contributed by atoms with Gasteiger partial charge in [-0.1, -0.05) is 6.07 Å². The number of furan rings is 1. The SMILES string of the molecule is CC(=O)N[C@@H](CC(=O)NCc1ccco1)c1cccs1. The normalized spacial score (nSPS) is 11.8. The highest BCUT2D eigenvalue weighted by Crippen LogP contribution is 2.21. The summed E-state index contributed by atoms with van der Waals surface area (Å²) < 4.78 is 5.14. The summed E-state index contributed by atoms with van der Waals surface area (Å²) in [6.45, 7) is 1.80. The number of carbonyl (C=O) groups excluding carboxylic acids is 2. The zero-order valence-electron chi connectivity index (χ0n) is 11.1. The molecule has 0 fully saturated rings. The van der Waals surface area contributed by atoms with Crippen LogP contribution in [-0.4, -0.2) is 11.8 Å². The first-order chi connectivity index (χ1) is 9.65. The van der Waals surface area contributed by atoms with E-state index in [9.17, 15) is 9.59 Å². The fraction of sp³-hybridized carbons (Fsp3) is 0.286. The predicted molar refractivity (Wildman–Crippen MR) is 76.0 cm³/mol. The molecule has 2 aromatic rings. The van der Waals surface area contributed by atoms with E-state index in [1.54, 1.807) is 18.4 Å². The number of hydrogen-bond donors (Lipinski definition) is 2. The third-order valence-corrected chi connectivity index (χ3v) is 3.68. The summed E-state index contributed by atoms with van der Waals surface area (Å²) in [6.07, 6.45) is 1.77. The molecule has 2 heterocycles. The van der Waals surface area contributed by atoms with Gasteiger partial charge in [0.1, 0.15) is 5.76 Å². The van der Waals surface area contributed by atoms with E-state index in [1.165, 1.54) is 18.3 Å². The first-order valence-corrected chi connectivity index (χ1v) is 7.12. The molecule has 2 N–H and O–H groups in total. The predicted octanol–water partition coefficient (Wildman–Crippen LogP) is 2.22. The third kappa shape index (κ3) is 4.24. The smallest absolute Gasteiger partial charge is 0.222 e. The van der Waals surface area contributed by atoms with Gasteiger partial charge in [0, 0.05) is 11.8 Å². The summed E-state index contributed by atoms with van der Waals surface area (Å²) in [7, 11) is 0. The van der Waals surface area contributed by atoms with E-state index in [4.69, 9.17) is 4.42 Å². The van der Waals surface area contributed by atoms with Gasteiger partial charge in [-0.25, -0.2) is 0 Å². The second-order valence-electron chi connectivity index (χ2n) is 4.33. The van der Waals surface area contributed by atoms with Crippen LogP contribution >= 0.6 is 11.3 Å². The van der Waals surface area contributed by atoms with Gasteiger partial charge in [-0.15, -0.1) is 11.3 Å². The maximum Gasteiger partial charge on any atom is 0.222 e. The second-order valence-corrected chi connectivity index (χ2v) is 5.31. The summed E-state index contributed by atoms with van der Waals surface area (Å²) in [6, 6.07) is 7.09. The van der Waals surface area contributed by atoms with Crippen LogP contribution in [0.3, 0.4) is 0 Å². The Bertz CT molecular complexity index is 549. The molecule has 6 heteroatoms. The largest absolute Gasteiger partial charge is 0.467 e. The van der Waals surface area contributed by atoms with Gasteiger partial charge in [-0.2, -0.15) is 0 Å². The van der Waals surface area contributed by atoms with Crippen LogP contribution < -0.4 is 10.6 Å². The van der Waals surface area contributed by atoms with Gasteiger partial charge in [0.15, 0.2) is 0 Å². The van der Waals surface area contributed by atoms with E-state index < -0.39 is 0 Å². The molecule has 0 spiro atoms. The van der Waals surface area contributed by atoms with Crippen molar-refractivity contribution in [2.24, 2.45) is 0 Å². The molecule has 2 aromatic heterocycles. The molecule has 0 aliphatic rings. The zero-order chi connectivity index (χ0) is 14.4. The molecule has 0 bridgehead atoms. The van der Waals surface area contributed by atoms with Crippen LogP contribution in [0.1, 0.15) is 30.0 Å². The van der Waals surface area contributed by atoms with Crippen molar-refractivity contribution in [3.8, 4) is 0 Å². The summed E-state index contributed by atoms with van der Waals surface area (Å²) in [5.74, 6) is 0.418. The van der Waals surface area contributed by atoms with Crippen LogP contribution in [0, 0.1) is 0 Å². The van der Waals surface area contributed by atoms with Gasteiger partial charge in [0.25, 0.3) is 0 Å². The Kier molecular flexibility index (Phi) is 4.95. The molecule has 0 radical (unpaired) electrons. The van der Waals surface area contributed by atoms with Crippen molar-refractivity contribution in [2.45, 2.75) is 25.9 Å². The minimum atomic E-state index is -0.288. The second kappa shape index (κ2) is 6.91. The molecule has 0 unspecified atom stereocenters. The molecule has 106 valence electrons. The minimum Gasteiger partial charge on any atom is -0.467 e. The molecular weight excluding hydrogens is 276 g/mol. The van der Waals surface area contributed by atoms with Crippen molar-refractivity contribution in [1.82, 2.24) is 10.6 Å². The lowest BCUT2D eigenvalue weighted by molar-refractivity contribution is -0.123. The average Bonchev–Trinajstić information content (AvgIpc) is 3.08. The lowest BCUT2D eigenvalue weighted by atomic mass is 10.1. The molecule has 5 nitrogen and oxygen atoms in total. The molecule has 2 amide bonds. The number of thiophene rings is 1. The number of nitrogens with one attached hydrogen (secondary N) is 2. The van der Waals surface area contributed by atoms with Gasteiger partial charge < -0.3 is 15.1 Å². The highest BCUT2D eigenvalue weighted by Gasteiger charge is 2.17. The van der Waals surface area contributed by atoms with Crippen LogP contribution in [0.4, 0.5) is 0 Å². The zero-order valence-corrected chi connectivity index (χ0v) is 11.9. The fourth-order valence-electron chi connectivity index (χ4n) is 1.81. The topological polar surface area (TPSA) is 71.3 Å². The maximum absolute atomic E-state index is 11.9. The van der Waals surface area contributed by atoms with Gasteiger partial charge in [0.2, 0.25) is 11.8 Å². The lowest BCUT2D eigenvalue weighted by Crippen LogP contribution is -2.31. The fourth-order valence-corrected chi connectivity index (χ4v) is 2.59. The van der Waals surface area contributed by atoms with Crippen molar-refractivity contribution in [2.75, 3.05) is 0 Å². The number of hydrogen-bond acceptors (Lipinski definition) is 4. The molecule has 20 heavy (non-hydrogen) atoms. The summed E-state index contributed by atoms with van der Waals surface area (Å²) in [5, 5.41) is 7.49. The lowest BCUT2D eigenvalue weighted by Gasteiger charge is -2.16. The van der Waals surface area contributed by atoms with E-state index >= 15 is 0 Å². The Labute approximate surface area is 121 Å². The van der Waals surface area contributed by atoms with Gasteiger partial charge in [-0.05, 0) is 23.6 Å². The van der Waals surface area contributed by atoms with E-state index in [-0.39, 0.29) is 24.3 Å². The monoisotopic (exact) mass is 292 g/mol. The van der Waals surface area contributed by atoms with E-state index in [2.05, 4.69) is 10.6 Å². The van der Waals surface area contributed by atoms with Gasteiger partial charge in [0.05, 0.1) is 25.3 Å². The molecular formula is C14H16N2O3S. The molecule has 2 rings (SSSR count). The van der Waals surface area contributed by atoms with E-state index in [0.29, 0.717) is 12.3 Å². The Hall–Kier alpha value is -2.08. The van der Waals surface area contributed by atoms with Crippen LogP contribution in [-0.2, 0) is 16.1 Å². The molecule has 0 saturated carbocycles. The standard InChI is InChI=1S/C14H16N2O3S/c1-10(17)16-12(13-5-3-7-20-13)8-14(18)15-9-11-4-2-6-19-11/h2-7,12H,8-9H2,1H3,(H,15,18)(H,16,17)/t12-/m0/s1. The quantitative estimate of drug-likeness (QED) is 0.857. The molecule has 0 aromatic carbocycles. The van der Waals surface area contributed by atoms with Crippen LogP contribution in [0.2, 0.25) is 0 Å². The summed E-state index contributed by atoms with van der Waals surface area (Å²) in [4.78, 5) is 24.1. The van der Waals surface area contributed by atoms with E-state index in [0.717, 1.165) is 4.88 Å². The summed E-state index contributed by atoms with van der Waals surface area (Å²) >= 11 is 1.52. The average molecular weight is 292 g/mol. The highest BCUT2D eigenvalue weighted by molar-refractivity contribution is 7.10. The Morgan fingerprint density at radius 3 is 2.80 bits per heavy atom. The Morgan fingerprint density at radius 1 is 1.35 bits per heavy atom. The summed E-state index contributed by atoms with van der Waals surface area (Å²) in [5.41, 5.74) is 0. The first-order valence-electron chi connectivity index (χ1n) is 6.24. The number of carbonyl (C=O) groups is 2. The highest BCUT2D eigenvalue weighted by atomic mass is 32.1. The van der Waals surface area contributed by atoms with Crippen LogP contribution in [0.25, 0.3) is 0 Å². The molecule has 0 saturated heterocycles. The van der Waals surface area contributed by atoms with Crippen molar-refractivity contribution >= 4 is 23.2 Å². The van der Waals surface area contributed by atoms with Crippen molar-refractivity contribution in [3.05, 3.63) is 46.5 Å². The van der Waals surface area contributed by atoms with Crippen molar-refractivity contribution in [1.29, 1.82) is 0 Å². The molecule has 0 aliphatic heterocycles. The van der Waals surface area contributed by atoms with Crippen molar-refractivity contribution < 1.29 is 14.0 Å². The molecule has 1 atom stereocenters. The Balaban J connectivity index is 1.90. The third-order valence-electron chi connectivity index (χ3n) is 2.69.